The van der Waals surface area contributed by atoms with E-state index < -0.39 is 0 Å². The van der Waals surface area contributed by atoms with E-state index in [9.17, 15) is 14.4 Å². The molecule has 0 spiro atoms. The fourth-order valence-corrected chi connectivity index (χ4v) is 8.27. The molecule has 0 saturated heterocycles. The van der Waals surface area contributed by atoms with E-state index in [0.717, 1.165) is 44.9 Å². The molecule has 0 bridgehead atoms. The maximum Gasteiger partial charge on any atom is 0.303 e. The first-order valence-corrected chi connectivity index (χ1v) is 11.8. The Bertz CT molecular complexity index is 836. The van der Waals surface area contributed by atoms with Gasteiger partial charge >= 0.3 is 5.97 Å². The zero-order valence-corrected chi connectivity index (χ0v) is 19.7. The SMILES string of the molecule is CC(=O)OCC(=O)[C@@H]1CC[C@]2(C)C3=C(CC[C@]12C)[C@@]1(C)CCC(=O)C(C)(C)[C@@H]1CC3. The summed E-state index contributed by atoms with van der Waals surface area (Å²) in [5.74, 6) is 0.512. The van der Waals surface area contributed by atoms with E-state index in [4.69, 9.17) is 4.74 Å². The van der Waals surface area contributed by atoms with E-state index in [2.05, 4.69) is 34.6 Å². The van der Waals surface area contributed by atoms with Crippen LogP contribution in [-0.2, 0) is 19.1 Å². The number of rotatable bonds is 3. The summed E-state index contributed by atoms with van der Waals surface area (Å²) in [6.07, 6.45) is 7.76. The third-order valence-corrected chi connectivity index (χ3v) is 10.3. The molecule has 0 radical (unpaired) electrons. The van der Waals surface area contributed by atoms with Crippen molar-refractivity contribution < 1.29 is 19.1 Å². The molecule has 0 aromatic carbocycles. The van der Waals surface area contributed by atoms with Crippen molar-refractivity contribution in [3.05, 3.63) is 11.1 Å². The Kier molecular flexibility index (Phi) is 4.91. The quantitative estimate of drug-likeness (QED) is 0.456. The molecule has 4 aliphatic carbocycles. The molecule has 2 fully saturated rings. The maximum atomic E-state index is 13.0. The Morgan fingerprint density at radius 2 is 1.63 bits per heavy atom. The zero-order valence-electron chi connectivity index (χ0n) is 19.7. The Labute approximate surface area is 181 Å². The number of ether oxygens (including phenoxy) is 1. The number of fused-ring (bicyclic) bond motifs is 4. The van der Waals surface area contributed by atoms with Crippen LogP contribution in [0, 0.1) is 33.5 Å². The van der Waals surface area contributed by atoms with Crippen LogP contribution < -0.4 is 0 Å². The van der Waals surface area contributed by atoms with Crippen LogP contribution in [0.15, 0.2) is 11.1 Å². The second-order valence-electron chi connectivity index (χ2n) is 11.7. The minimum Gasteiger partial charge on any atom is -0.458 e. The molecule has 0 N–H and O–H groups in total. The first-order valence-electron chi connectivity index (χ1n) is 11.8. The number of allylic oxidation sites excluding steroid dienone is 2. The van der Waals surface area contributed by atoms with Gasteiger partial charge in [-0.2, -0.15) is 0 Å². The molecule has 4 rings (SSSR count). The first kappa shape index (κ1) is 21.8. The summed E-state index contributed by atoms with van der Waals surface area (Å²) in [6.45, 7) is 12.7. The highest BCUT2D eigenvalue weighted by Gasteiger charge is 2.63. The summed E-state index contributed by atoms with van der Waals surface area (Å²) in [6, 6.07) is 0. The molecule has 4 heteroatoms. The normalized spacial score (nSPS) is 42.3. The average Bonchev–Trinajstić information content (AvgIpc) is 2.95. The smallest absolute Gasteiger partial charge is 0.303 e. The van der Waals surface area contributed by atoms with Crippen LogP contribution in [0.2, 0.25) is 0 Å². The molecule has 0 amide bonds. The summed E-state index contributed by atoms with van der Waals surface area (Å²) in [5.41, 5.74) is 3.03. The van der Waals surface area contributed by atoms with Gasteiger partial charge in [-0.05, 0) is 67.1 Å². The molecule has 30 heavy (non-hydrogen) atoms. The van der Waals surface area contributed by atoms with Crippen LogP contribution in [0.1, 0.15) is 92.9 Å². The number of carbonyl (C=O) groups is 3. The van der Waals surface area contributed by atoms with Gasteiger partial charge < -0.3 is 4.74 Å². The number of hydrogen-bond donors (Lipinski definition) is 0. The van der Waals surface area contributed by atoms with Gasteiger partial charge in [0.05, 0.1) is 0 Å². The fourth-order valence-electron chi connectivity index (χ4n) is 8.27. The predicted molar refractivity (Wildman–Crippen MR) is 116 cm³/mol. The van der Waals surface area contributed by atoms with Crippen LogP contribution >= 0.6 is 0 Å². The van der Waals surface area contributed by atoms with Crippen LogP contribution in [0.25, 0.3) is 0 Å². The standard InChI is InChI=1S/C26H38O4/c1-16(27)30-15-20(28)19-10-14-25(5)18-7-8-21-23(2,3)22(29)11-12-24(21,4)17(18)9-13-26(19,25)6/h19,21H,7-15H2,1-6H3/t19-,21-,24+,25+,26+/m0/s1. The monoisotopic (exact) mass is 414 g/mol. The number of hydrogen-bond acceptors (Lipinski definition) is 4. The zero-order chi connectivity index (χ0) is 22.1. The minimum atomic E-state index is -0.386. The Morgan fingerprint density at radius 3 is 2.30 bits per heavy atom. The van der Waals surface area contributed by atoms with E-state index in [1.54, 1.807) is 11.1 Å². The second-order valence-corrected chi connectivity index (χ2v) is 11.7. The van der Waals surface area contributed by atoms with Crippen molar-refractivity contribution in [2.75, 3.05) is 6.61 Å². The molecular weight excluding hydrogens is 376 g/mol. The third kappa shape index (κ3) is 2.74. The van der Waals surface area contributed by atoms with Gasteiger partial charge in [-0.1, -0.05) is 45.8 Å². The van der Waals surface area contributed by atoms with Gasteiger partial charge in [0.1, 0.15) is 12.4 Å². The Morgan fingerprint density at radius 1 is 0.933 bits per heavy atom. The molecule has 0 aliphatic heterocycles. The molecule has 0 unspecified atom stereocenters. The van der Waals surface area contributed by atoms with Gasteiger partial charge in [0.2, 0.25) is 0 Å². The van der Waals surface area contributed by atoms with E-state index >= 15 is 0 Å². The van der Waals surface area contributed by atoms with Gasteiger partial charge in [0.25, 0.3) is 0 Å². The van der Waals surface area contributed by atoms with Crippen LogP contribution in [0.3, 0.4) is 0 Å². The molecule has 0 heterocycles. The minimum absolute atomic E-state index is 0.0245. The fraction of sp³-hybridized carbons (Fsp3) is 0.808. The van der Waals surface area contributed by atoms with Gasteiger partial charge in [-0.25, -0.2) is 0 Å². The predicted octanol–water partition coefficient (Wildman–Crippen LogP) is 5.44. The Balaban J connectivity index is 1.70. The van der Waals surface area contributed by atoms with Crippen molar-refractivity contribution in [2.24, 2.45) is 33.5 Å². The molecule has 5 atom stereocenters. The highest BCUT2D eigenvalue weighted by Crippen LogP contribution is 2.71. The summed E-state index contributed by atoms with van der Waals surface area (Å²) < 4.78 is 5.07. The Hall–Kier alpha value is -1.45. The topological polar surface area (TPSA) is 60.4 Å². The highest BCUT2D eigenvalue weighted by molar-refractivity contribution is 5.86. The van der Waals surface area contributed by atoms with Gasteiger partial charge in [-0.15, -0.1) is 0 Å². The lowest BCUT2D eigenvalue weighted by atomic mass is 9.43. The largest absolute Gasteiger partial charge is 0.458 e. The number of carbonyl (C=O) groups excluding carboxylic acids is 3. The molecule has 166 valence electrons. The molecular formula is C26H38O4. The summed E-state index contributed by atoms with van der Waals surface area (Å²) in [5, 5.41) is 0. The molecule has 2 saturated carbocycles. The summed E-state index contributed by atoms with van der Waals surface area (Å²) in [4.78, 5) is 36.9. The van der Waals surface area contributed by atoms with E-state index in [1.165, 1.54) is 6.92 Å². The molecule has 0 aromatic rings. The van der Waals surface area contributed by atoms with E-state index in [-0.39, 0.29) is 45.9 Å². The summed E-state index contributed by atoms with van der Waals surface area (Å²) >= 11 is 0. The number of ketones is 2. The van der Waals surface area contributed by atoms with Gasteiger partial charge in [-0.3, -0.25) is 14.4 Å². The van der Waals surface area contributed by atoms with Crippen molar-refractivity contribution in [1.29, 1.82) is 0 Å². The maximum absolute atomic E-state index is 13.0. The van der Waals surface area contributed by atoms with Gasteiger partial charge in [0, 0.05) is 24.7 Å². The third-order valence-electron chi connectivity index (χ3n) is 10.3. The van der Waals surface area contributed by atoms with Crippen molar-refractivity contribution >= 4 is 17.5 Å². The van der Waals surface area contributed by atoms with Crippen molar-refractivity contribution in [3.8, 4) is 0 Å². The van der Waals surface area contributed by atoms with Gasteiger partial charge in [0.15, 0.2) is 5.78 Å². The molecule has 4 nitrogen and oxygen atoms in total. The van der Waals surface area contributed by atoms with E-state index in [0.29, 0.717) is 18.1 Å². The summed E-state index contributed by atoms with van der Waals surface area (Å²) in [7, 11) is 0. The lowest BCUT2D eigenvalue weighted by Crippen LogP contribution is -2.54. The number of Topliss-reactive ketones (excluding diaryl/α,β-unsaturated/α-hetero) is 2. The van der Waals surface area contributed by atoms with Crippen LogP contribution in [0.5, 0.6) is 0 Å². The van der Waals surface area contributed by atoms with Crippen LogP contribution in [-0.4, -0.2) is 24.1 Å². The first-order chi connectivity index (χ1) is 13.9. The average molecular weight is 415 g/mol. The van der Waals surface area contributed by atoms with Crippen molar-refractivity contribution in [1.82, 2.24) is 0 Å². The van der Waals surface area contributed by atoms with E-state index in [1.807, 2.05) is 0 Å². The van der Waals surface area contributed by atoms with Crippen molar-refractivity contribution in [2.45, 2.75) is 92.9 Å². The molecule has 4 aliphatic rings. The van der Waals surface area contributed by atoms with Crippen LogP contribution in [0.4, 0.5) is 0 Å². The molecule has 0 aromatic heterocycles. The van der Waals surface area contributed by atoms with Crippen molar-refractivity contribution in [3.63, 3.8) is 0 Å². The second kappa shape index (κ2) is 6.77. The number of esters is 1. The lowest BCUT2D eigenvalue weighted by molar-refractivity contribution is -0.148. The highest BCUT2D eigenvalue weighted by atomic mass is 16.5. The lowest BCUT2D eigenvalue weighted by Gasteiger charge is -2.60.